The Hall–Kier alpha value is -2.33. The number of benzene rings is 2. The van der Waals surface area contributed by atoms with E-state index in [0.29, 0.717) is 12.2 Å². The van der Waals surface area contributed by atoms with Gasteiger partial charge in [-0.3, -0.25) is 4.79 Å². The zero-order valence-electron chi connectivity index (χ0n) is 12.4. The summed E-state index contributed by atoms with van der Waals surface area (Å²) in [5.74, 6) is 0.419. The van der Waals surface area contributed by atoms with Crippen LogP contribution in [0.3, 0.4) is 0 Å². The number of para-hydroxylation sites is 1. The van der Waals surface area contributed by atoms with Crippen LogP contribution in [0.2, 0.25) is 0 Å². The normalized spacial score (nSPS) is 21.0. The van der Waals surface area contributed by atoms with E-state index in [4.69, 9.17) is 4.74 Å². The third-order valence-electron chi connectivity index (χ3n) is 3.93. The largest absolute Gasteiger partial charge is 0.481 e. The van der Waals surface area contributed by atoms with Gasteiger partial charge in [0, 0.05) is 6.42 Å². The second-order valence-electron chi connectivity index (χ2n) is 5.53. The average molecular weight is 297 g/mol. The number of fused-ring (bicyclic) bond motifs is 1. The maximum Gasteiger partial charge on any atom is 0.261 e. The predicted molar refractivity (Wildman–Crippen MR) is 83.6 cm³/mol. The molecule has 2 aromatic carbocycles. The highest BCUT2D eigenvalue weighted by atomic mass is 16.5. The van der Waals surface area contributed by atoms with Crippen molar-refractivity contribution in [2.24, 2.45) is 0 Å². The standard InChI is InChI=1S/C18H19NO3/c1-12(22-14-8-3-2-4-9-14)18(21)19-17-15-10-6-5-7-13(15)11-16(17)20/h2-10,12,16-17,20H,11H2,1H3,(H,19,21). The summed E-state index contributed by atoms with van der Waals surface area (Å²) in [5, 5.41) is 13.1. The number of carbonyl (C=O) groups excluding carboxylic acids is 1. The first-order valence-corrected chi connectivity index (χ1v) is 7.43. The zero-order chi connectivity index (χ0) is 15.5. The van der Waals surface area contributed by atoms with E-state index >= 15 is 0 Å². The van der Waals surface area contributed by atoms with E-state index in [9.17, 15) is 9.90 Å². The summed E-state index contributed by atoms with van der Waals surface area (Å²) in [6.45, 7) is 1.70. The Morgan fingerprint density at radius 2 is 1.86 bits per heavy atom. The van der Waals surface area contributed by atoms with Gasteiger partial charge in [-0.05, 0) is 30.2 Å². The molecule has 0 saturated carbocycles. The van der Waals surface area contributed by atoms with Crippen molar-refractivity contribution < 1.29 is 14.6 Å². The average Bonchev–Trinajstić information content (AvgIpc) is 2.84. The van der Waals surface area contributed by atoms with Gasteiger partial charge in [0.2, 0.25) is 0 Å². The van der Waals surface area contributed by atoms with Crippen LogP contribution >= 0.6 is 0 Å². The molecule has 0 bridgehead atoms. The highest BCUT2D eigenvalue weighted by Crippen LogP contribution is 2.31. The zero-order valence-corrected chi connectivity index (χ0v) is 12.4. The van der Waals surface area contributed by atoms with Gasteiger partial charge in [-0.2, -0.15) is 0 Å². The summed E-state index contributed by atoms with van der Waals surface area (Å²) in [7, 11) is 0. The van der Waals surface area contributed by atoms with E-state index in [1.54, 1.807) is 6.92 Å². The fraction of sp³-hybridized carbons (Fsp3) is 0.278. The fourth-order valence-corrected chi connectivity index (χ4v) is 2.78. The van der Waals surface area contributed by atoms with Crippen LogP contribution in [0.25, 0.3) is 0 Å². The van der Waals surface area contributed by atoms with Crippen molar-refractivity contribution in [3.8, 4) is 5.75 Å². The molecule has 1 amide bonds. The Kier molecular flexibility index (Phi) is 4.11. The molecule has 0 aliphatic heterocycles. The Labute approximate surface area is 129 Å². The van der Waals surface area contributed by atoms with Crippen molar-refractivity contribution in [2.75, 3.05) is 0 Å². The molecule has 3 unspecified atom stereocenters. The van der Waals surface area contributed by atoms with Crippen LogP contribution in [0.4, 0.5) is 0 Å². The quantitative estimate of drug-likeness (QED) is 0.910. The molecular weight excluding hydrogens is 278 g/mol. The Morgan fingerprint density at radius 1 is 1.18 bits per heavy atom. The number of hydrogen-bond donors (Lipinski definition) is 2. The lowest BCUT2D eigenvalue weighted by Gasteiger charge is -2.21. The lowest BCUT2D eigenvalue weighted by atomic mass is 10.1. The van der Waals surface area contributed by atoms with Crippen LogP contribution in [-0.4, -0.2) is 23.2 Å². The van der Waals surface area contributed by atoms with Gasteiger partial charge >= 0.3 is 0 Å². The lowest BCUT2D eigenvalue weighted by molar-refractivity contribution is -0.128. The number of amides is 1. The maximum absolute atomic E-state index is 12.3. The van der Waals surface area contributed by atoms with E-state index < -0.39 is 12.2 Å². The molecule has 0 fully saturated rings. The van der Waals surface area contributed by atoms with Gasteiger partial charge in [0.15, 0.2) is 6.10 Å². The third-order valence-corrected chi connectivity index (χ3v) is 3.93. The molecule has 2 N–H and O–H groups in total. The van der Waals surface area contributed by atoms with Crippen LogP contribution < -0.4 is 10.1 Å². The van der Waals surface area contributed by atoms with E-state index in [1.165, 1.54) is 0 Å². The minimum atomic E-state index is -0.623. The molecule has 0 saturated heterocycles. The summed E-state index contributed by atoms with van der Waals surface area (Å²) in [6, 6.07) is 16.6. The number of aliphatic hydroxyl groups is 1. The molecule has 4 heteroatoms. The number of carbonyl (C=O) groups is 1. The first-order chi connectivity index (χ1) is 10.6. The summed E-state index contributed by atoms with van der Waals surface area (Å²) >= 11 is 0. The molecule has 1 aliphatic carbocycles. The molecule has 22 heavy (non-hydrogen) atoms. The molecule has 0 aromatic heterocycles. The van der Waals surface area contributed by atoms with Crippen LogP contribution in [-0.2, 0) is 11.2 Å². The number of rotatable bonds is 4. The summed E-state index contributed by atoms with van der Waals surface area (Å²) in [4.78, 5) is 12.3. The second-order valence-corrected chi connectivity index (χ2v) is 5.53. The Morgan fingerprint density at radius 3 is 2.64 bits per heavy atom. The predicted octanol–water partition coefficient (Wildman–Crippen LogP) is 2.23. The monoisotopic (exact) mass is 297 g/mol. The maximum atomic E-state index is 12.3. The minimum absolute atomic E-state index is 0.232. The van der Waals surface area contributed by atoms with Gasteiger partial charge < -0.3 is 15.2 Å². The molecule has 4 nitrogen and oxygen atoms in total. The van der Waals surface area contributed by atoms with E-state index in [2.05, 4.69) is 5.32 Å². The highest BCUT2D eigenvalue weighted by Gasteiger charge is 2.33. The van der Waals surface area contributed by atoms with Crippen LogP contribution in [0.5, 0.6) is 5.75 Å². The number of nitrogens with one attached hydrogen (secondary N) is 1. The van der Waals surface area contributed by atoms with Gasteiger partial charge in [-0.1, -0.05) is 42.5 Å². The summed E-state index contributed by atoms with van der Waals surface area (Å²) in [5.41, 5.74) is 2.06. The molecule has 114 valence electrons. The van der Waals surface area contributed by atoms with Crippen molar-refractivity contribution in [3.63, 3.8) is 0 Å². The van der Waals surface area contributed by atoms with Crippen LogP contribution in [0.1, 0.15) is 24.1 Å². The Balaban J connectivity index is 1.67. The molecule has 0 radical (unpaired) electrons. The van der Waals surface area contributed by atoms with Crippen LogP contribution in [0, 0.1) is 0 Å². The van der Waals surface area contributed by atoms with Crippen molar-refractivity contribution >= 4 is 5.91 Å². The van der Waals surface area contributed by atoms with Crippen molar-refractivity contribution in [3.05, 3.63) is 65.7 Å². The number of ether oxygens (including phenoxy) is 1. The van der Waals surface area contributed by atoms with Gasteiger partial charge in [0.25, 0.3) is 5.91 Å². The molecule has 2 aromatic rings. The SMILES string of the molecule is CC(Oc1ccccc1)C(=O)NC1c2ccccc2CC1O. The Bertz CT molecular complexity index is 656. The van der Waals surface area contributed by atoms with Gasteiger partial charge in [0.1, 0.15) is 5.75 Å². The molecule has 1 aliphatic rings. The molecular formula is C18H19NO3. The highest BCUT2D eigenvalue weighted by molar-refractivity contribution is 5.81. The topological polar surface area (TPSA) is 58.6 Å². The number of aliphatic hydroxyl groups excluding tert-OH is 1. The molecule has 0 spiro atoms. The second kappa shape index (κ2) is 6.20. The van der Waals surface area contributed by atoms with Crippen LogP contribution in [0.15, 0.2) is 54.6 Å². The van der Waals surface area contributed by atoms with E-state index in [1.807, 2.05) is 54.6 Å². The molecule has 0 heterocycles. The first-order valence-electron chi connectivity index (χ1n) is 7.43. The van der Waals surface area contributed by atoms with Gasteiger partial charge in [-0.25, -0.2) is 0 Å². The van der Waals surface area contributed by atoms with Crippen molar-refractivity contribution in [2.45, 2.75) is 31.6 Å². The number of hydrogen-bond acceptors (Lipinski definition) is 3. The van der Waals surface area contributed by atoms with E-state index in [-0.39, 0.29) is 11.9 Å². The van der Waals surface area contributed by atoms with Crippen molar-refractivity contribution in [1.29, 1.82) is 0 Å². The molecule has 3 rings (SSSR count). The fourth-order valence-electron chi connectivity index (χ4n) is 2.78. The van der Waals surface area contributed by atoms with Gasteiger partial charge in [0.05, 0.1) is 12.1 Å². The minimum Gasteiger partial charge on any atom is -0.481 e. The van der Waals surface area contributed by atoms with Crippen molar-refractivity contribution in [1.82, 2.24) is 5.32 Å². The van der Waals surface area contributed by atoms with E-state index in [0.717, 1.165) is 11.1 Å². The summed E-state index contributed by atoms with van der Waals surface area (Å²) in [6.07, 6.45) is -0.651. The first kappa shape index (κ1) is 14.6. The summed E-state index contributed by atoms with van der Waals surface area (Å²) < 4.78 is 5.62. The van der Waals surface area contributed by atoms with Gasteiger partial charge in [-0.15, -0.1) is 0 Å². The smallest absolute Gasteiger partial charge is 0.261 e. The third kappa shape index (κ3) is 2.97. The lowest BCUT2D eigenvalue weighted by Crippen LogP contribution is -2.41. The molecule has 3 atom stereocenters.